The van der Waals surface area contributed by atoms with Gasteiger partial charge in [-0.1, -0.05) is 36.4 Å². The highest BCUT2D eigenvalue weighted by molar-refractivity contribution is 5.54. The highest BCUT2D eigenvalue weighted by Gasteiger charge is 2.60. The van der Waals surface area contributed by atoms with Gasteiger partial charge in [0.05, 0.1) is 34.4 Å². The first-order valence-electron chi connectivity index (χ1n) is 12.8. The lowest BCUT2D eigenvalue weighted by atomic mass is 9.70. The lowest BCUT2D eigenvalue weighted by Crippen LogP contribution is -2.45. The van der Waals surface area contributed by atoms with E-state index in [1.54, 1.807) is 0 Å². The van der Waals surface area contributed by atoms with Crippen molar-refractivity contribution in [1.82, 2.24) is 0 Å². The zero-order valence-electron chi connectivity index (χ0n) is 23.1. The van der Waals surface area contributed by atoms with Gasteiger partial charge in [0, 0.05) is 33.1 Å². The van der Waals surface area contributed by atoms with E-state index in [1.807, 2.05) is 0 Å². The summed E-state index contributed by atoms with van der Waals surface area (Å²) < 4.78 is 89.0. The Kier molecular flexibility index (Phi) is 8.40. The monoisotopic (exact) mass is 652 g/mol. The highest BCUT2D eigenvalue weighted by atomic mass is 19.4. The number of nitro groups is 2. The molecular formula is C30H14F6N6O5. The van der Waals surface area contributed by atoms with Gasteiger partial charge in [0.15, 0.2) is 11.8 Å². The summed E-state index contributed by atoms with van der Waals surface area (Å²) in [4.78, 5) is 22.5. The third-order valence-electron chi connectivity index (χ3n) is 7.62. The summed E-state index contributed by atoms with van der Waals surface area (Å²) in [5.74, 6) is -5.97. The molecule has 0 fully saturated rings. The average Bonchev–Trinajstić information content (AvgIpc) is 3.03. The van der Waals surface area contributed by atoms with E-state index in [-0.39, 0.29) is 0 Å². The van der Waals surface area contributed by atoms with Crippen LogP contribution in [-0.4, -0.2) is 9.85 Å². The molecule has 0 saturated heterocycles. The molecule has 2 aromatic rings. The van der Waals surface area contributed by atoms with Gasteiger partial charge < -0.3 is 4.74 Å². The molecule has 0 bridgehead atoms. The second-order valence-corrected chi connectivity index (χ2v) is 9.92. The first-order valence-corrected chi connectivity index (χ1v) is 12.8. The van der Waals surface area contributed by atoms with Gasteiger partial charge in [-0.25, -0.2) is 0 Å². The third kappa shape index (κ3) is 5.20. The van der Waals surface area contributed by atoms with E-state index in [2.05, 4.69) is 0 Å². The smallest absolute Gasteiger partial charge is 0.416 e. The summed E-state index contributed by atoms with van der Waals surface area (Å²) in [5, 5.41) is 64.8. The predicted molar refractivity (Wildman–Crippen MR) is 143 cm³/mol. The molecule has 0 heterocycles. The van der Waals surface area contributed by atoms with E-state index in [1.165, 1.54) is 24.3 Å². The Morgan fingerprint density at radius 3 is 1.28 bits per heavy atom. The van der Waals surface area contributed by atoms with Crippen LogP contribution in [0.25, 0.3) is 0 Å². The molecule has 0 aromatic heterocycles. The van der Waals surface area contributed by atoms with Crippen molar-refractivity contribution in [3.8, 4) is 24.3 Å². The van der Waals surface area contributed by atoms with Crippen LogP contribution >= 0.6 is 0 Å². The Morgan fingerprint density at radius 2 is 1.00 bits per heavy atom. The van der Waals surface area contributed by atoms with Crippen molar-refractivity contribution in [3.05, 3.63) is 138 Å². The van der Waals surface area contributed by atoms with Gasteiger partial charge in [-0.3, -0.25) is 20.2 Å². The molecule has 2 aromatic carbocycles. The molecule has 2 aliphatic carbocycles. The molecule has 236 valence electrons. The normalized spacial score (nSPS) is 24.0. The molecule has 0 radical (unpaired) electrons. The van der Waals surface area contributed by atoms with Crippen LogP contribution in [0.2, 0.25) is 0 Å². The van der Waals surface area contributed by atoms with Crippen LogP contribution in [0.15, 0.2) is 95.5 Å². The van der Waals surface area contributed by atoms with Crippen LogP contribution in [-0.2, 0) is 28.2 Å². The zero-order chi connectivity index (χ0) is 34.9. The van der Waals surface area contributed by atoms with Gasteiger partial charge in [0.1, 0.15) is 23.7 Å². The second kappa shape index (κ2) is 11.8. The minimum absolute atomic E-state index is 0.544. The number of ether oxygens (including phenoxy) is 1. The second-order valence-electron chi connectivity index (χ2n) is 9.92. The number of hydrogen-bond donors (Lipinski definition) is 0. The maximum atomic E-state index is 13.9. The summed E-state index contributed by atoms with van der Waals surface area (Å²) in [6.07, 6.45) is -7.73. The maximum Gasteiger partial charge on any atom is 0.416 e. The van der Waals surface area contributed by atoms with Crippen molar-refractivity contribution in [2.24, 2.45) is 11.8 Å². The first-order chi connectivity index (χ1) is 22.1. The van der Waals surface area contributed by atoms with Gasteiger partial charge in [0.2, 0.25) is 0 Å². The number of hydrogen-bond acceptors (Lipinski definition) is 9. The van der Waals surface area contributed by atoms with Crippen LogP contribution < -0.4 is 0 Å². The van der Waals surface area contributed by atoms with Crippen molar-refractivity contribution >= 4 is 0 Å². The first kappa shape index (κ1) is 33.4. The largest absolute Gasteiger partial charge is 0.455 e. The van der Waals surface area contributed by atoms with Gasteiger partial charge in [-0.2, -0.15) is 47.4 Å². The summed E-state index contributed by atoms with van der Waals surface area (Å²) in [6.45, 7) is 0. The summed E-state index contributed by atoms with van der Waals surface area (Å²) in [5.41, 5.74) is -12.6. The predicted octanol–water partition coefficient (Wildman–Crippen LogP) is 6.36. The SMILES string of the molecule is N#CC1=C(OC2=C(C#N)C(C#N)C(c3ccccc3C(F)(F)F)([N+](=O)[O-])C=C2)C=CC(c2ccccc2C(F)(F)F)([N+](=O)[O-])C1C#N. The van der Waals surface area contributed by atoms with Crippen molar-refractivity contribution in [2.45, 2.75) is 23.4 Å². The topological polar surface area (TPSA) is 191 Å². The Labute approximate surface area is 259 Å². The number of nitrogens with zero attached hydrogens (tertiary/aromatic N) is 6. The van der Waals surface area contributed by atoms with Gasteiger partial charge in [-0.05, 0) is 24.3 Å². The molecule has 0 saturated carbocycles. The van der Waals surface area contributed by atoms with Crippen LogP contribution in [0.4, 0.5) is 26.3 Å². The van der Waals surface area contributed by atoms with Crippen molar-refractivity contribution in [1.29, 1.82) is 21.0 Å². The number of rotatable bonds is 6. The average molecular weight is 652 g/mol. The fraction of sp³-hybridized carbons (Fsp3) is 0.200. The fourth-order valence-electron chi connectivity index (χ4n) is 5.54. The summed E-state index contributed by atoms with van der Waals surface area (Å²) in [6, 6.07) is 12.5. The Hall–Kier alpha value is -6.46. The third-order valence-corrected chi connectivity index (χ3v) is 7.62. The molecule has 0 amide bonds. The lowest BCUT2D eigenvalue weighted by molar-refractivity contribution is -0.570. The summed E-state index contributed by atoms with van der Waals surface area (Å²) >= 11 is 0. The van der Waals surface area contributed by atoms with Crippen LogP contribution in [0, 0.1) is 77.4 Å². The standard InChI is InChI=1S/C30H14F6N6O5/c31-29(32,33)21-7-3-1-5-19(21)27(41(43)44)11-9-25(17(13-37)23(27)15-39)47-26-10-12-28(42(45)46,24(16-40)18(26)14-38)20-6-2-4-8-22(20)30(34,35)36/h1-12,23-24H. The number of halogens is 6. The van der Waals surface area contributed by atoms with Crippen LogP contribution in [0.5, 0.6) is 0 Å². The lowest BCUT2D eigenvalue weighted by Gasteiger charge is -2.33. The fourth-order valence-corrected chi connectivity index (χ4v) is 5.54. The molecule has 4 unspecified atom stereocenters. The van der Waals surface area contributed by atoms with Crippen molar-refractivity contribution in [3.63, 3.8) is 0 Å². The van der Waals surface area contributed by atoms with Crippen LogP contribution in [0.3, 0.4) is 0 Å². The molecule has 4 rings (SSSR count). The molecule has 47 heavy (non-hydrogen) atoms. The zero-order valence-corrected chi connectivity index (χ0v) is 23.1. The quantitative estimate of drug-likeness (QED) is 0.194. The number of nitriles is 4. The Morgan fingerprint density at radius 1 is 0.660 bits per heavy atom. The molecule has 2 aliphatic rings. The van der Waals surface area contributed by atoms with Gasteiger partial charge >= 0.3 is 12.4 Å². The molecule has 17 heteroatoms. The number of benzene rings is 2. The van der Waals surface area contributed by atoms with E-state index >= 15 is 0 Å². The molecule has 11 nitrogen and oxygen atoms in total. The van der Waals surface area contributed by atoms with E-state index in [0.717, 1.165) is 36.4 Å². The van der Waals surface area contributed by atoms with Crippen molar-refractivity contribution in [2.75, 3.05) is 0 Å². The van der Waals surface area contributed by atoms with Crippen LogP contribution in [0.1, 0.15) is 22.3 Å². The maximum absolute atomic E-state index is 13.9. The van der Waals surface area contributed by atoms with Crippen molar-refractivity contribution < 1.29 is 40.9 Å². The molecule has 0 spiro atoms. The summed E-state index contributed by atoms with van der Waals surface area (Å²) in [7, 11) is 0. The van der Waals surface area contributed by atoms with E-state index in [9.17, 15) is 67.6 Å². The minimum atomic E-state index is -5.12. The Balaban J connectivity index is 1.91. The number of alkyl halides is 6. The van der Waals surface area contributed by atoms with E-state index in [4.69, 9.17) is 4.74 Å². The minimum Gasteiger partial charge on any atom is -0.455 e. The van der Waals surface area contributed by atoms with E-state index < -0.39 is 90.0 Å². The van der Waals surface area contributed by atoms with E-state index in [0.29, 0.717) is 36.4 Å². The molecule has 0 aliphatic heterocycles. The highest BCUT2D eigenvalue weighted by Crippen LogP contribution is 2.50. The van der Waals surface area contributed by atoms with Gasteiger partial charge in [-0.15, -0.1) is 0 Å². The molecular weight excluding hydrogens is 638 g/mol. The van der Waals surface area contributed by atoms with Gasteiger partial charge in [0.25, 0.3) is 11.1 Å². The number of allylic oxidation sites excluding steroid dienone is 2. The Bertz CT molecular complexity index is 1850. The molecule has 4 atom stereocenters. The molecule has 0 N–H and O–H groups in total.